The van der Waals surface area contributed by atoms with Crippen molar-refractivity contribution in [2.24, 2.45) is 10.2 Å². The van der Waals surface area contributed by atoms with Crippen LogP contribution in [0.15, 0.2) is 55.8 Å². The number of hydrogen-bond donors (Lipinski definition) is 0. The molecule has 0 N–H and O–H groups in total. The Morgan fingerprint density at radius 1 is 1.38 bits per heavy atom. The molecule has 0 radical (unpaired) electrons. The Hall–Kier alpha value is -3.03. The smallest absolute Gasteiger partial charge is 0.337 e. The van der Waals surface area contributed by atoms with Gasteiger partial charge in [0.1, 0.15) is 12.3 Å². The van der Waals surface area contributed by atoms with Crippen molar-refractivity contribution in [1.29, 1.82) is 0 Å². The molecule has 2 aromatic rings. The van der Waals surface area contributed by atoms with Gasteiger partial charge in [0.2, 0.25) is 5.76 Å². The minimum atomic E-state index is -0.904. The lowest BCUT2D eigenvalue weighted by molar-refractivity contribution is -0.145. The van der Waals surface area contributed by atoms with Gasteiger partial charge in [0, 0.05) is 12.1 Å². The Morgan fingerprint density at radius 2 is 2.29 bits per heavy atom. The van der Waals surface area contributed by atoms with E-state index in [1.807, 2.05) is 0 Å². The minimum absolute atomic E-state index is 0.0726. The number of ether oxygens (including phenoxy) is 1. The first-order chi connectivity index (χ1) is 10.2. The number of carbonyl (C=O) groups excluding carboxylic acids is 2. The van der Waals surface area contributed by atoms with Crippen LogP contribution in [0.25, 0.3) is 11.5 Å². The zero-order valence-corrected chi connectivity index (χ0v) is 10.6. The lowest BCUT2D eigenvalue weighted by Gasteiger charge is -2.07. The first kappa shape index (κ1) is 13.0. The summed E-state index contributed by atoms with van der Waals surface area (Å²) in [5, 5.41) is 10.6. The summed E-state index contributed by atoms with van der Waals surface area (Å²) in [5.74, 6) is -0.153. The molecule has 0 aliphatic carbocycles. The van der Waals surface area contributed by atoms with Gasteiger partial charge in [-0.2, -0.15) is 5.11 Å². The van der Waals surface area contributed by atoms with E-state index in [2.05, 4.69) is 15.4 Å². The molecule has 0 saturated heterocycles. The lowest BCUT2D eigenvalue weighted by atomic mass is 10.2. The van der Waals surface area contributed by atoms with Gasteiger partial charge in [-0.3, -0.25) is 4.79 Å². The van der Waals surface area contributed by atoms with Crippen LogP contribution in [0, 0.1) is 0 Å². The molecule has 2 aromatic heterocycles. The van der Waals surface area contributed by atoms with Crippen molar-refractivity contribution in [1.82, 2.24) is 5.16 Å². The summed E-state index contributed by atoms with van der Waals surface area (Å²) < 4.78 is 15.2. The van der Waals surface area contributed by atoms with E-state index < -0.39 is 17.9 Å². The molecule has 0 spiro atoms. The van der Waals surface area contributed by atoms with Crippen LogP contribution >= 0.6 is 0 Å². The summed E-state index contributed by atoms with van der Waals surface area (Å²) in [6.45, 7) is -0.0726. The van der Waals surface area contributed by atoms with E-state index in [9.17, 15) is 9.59 Å². The number of azo groups is 1. The van der Waals surface area contributed by atoms with Gasteiger partial charge in [-0.15, -0.1) is 5.11 Å². The van der Waals surface area contributed by atoms with E-state index in [4.69, 9.17) is 13.7 Å². The van der Waals surface area contributed by atoms with Crippen molar-refractivity contribution >= 4 is 11.9 Å². The molecule has 1 aliphatic rings. The first-order valence-corrected chi connectivity index (χ1v) is 6.01. The fourth-order valence-electron chi connectivity index (χ4n) is 1.64. The predicted molar refractivity (Wildman–Crippen MR) is 66.8 cm³/mol. The van der Waals surface area contributed by atoms with Crippen molar-refractivity contribution in [2.75, 3.05) is 0 Å². The normalized spacial score (nSPS) is 17.1. The molecule has 8 heteroatoms. The fraction of sp³-hybridized carbons (Fsp3) is 0.154. The van der Waals surface area contributed by atoms with Crippen LogP contribution in [-0.2, 0) is 20.9 Å². The van der Waals surface area contributed by atoms with Crippen LogP contribution in [0.4, 0.5) is 0 Å². The van der Waals surface area contributed by atoms with E-state index in [1.54, 1.807) is 18.2 Å². The van der Waals surface area contributed by atoms with Crippen LogP contribution in [0.3, 0.4) is 0 Å². The van der Waals surface area contributed by atoms with Crippen LogP contribution < -0.4 is 0 Å². The summed E-state index contributed by atoms with van der Waals surface area (Å²) in [6.07, 6.45) is 4.01. The van der Waals surface area contributed by atoms with Crippen LogP contribution in [0.5, 0.6) is 0 Å². The molecule has 0 saturated carbocycles. The molecule has 106 valence electrons. The maximum atomic E-state index is 11.7. The Bertz CT molecular complexity index is 698. The summed E-state index contributed by atoms with van der Waals surface area (Å²) in [6, 6.07) is 4.15. The van der Waals surface area contributed by atoms with Crippen LogP contribution in [0.2, 0.25) is 0 Å². The second kappa shape index (κ2) is 5.53. The maximum absolute atomic E-state index is 11.7. The number of amides is 1. The quantitative estimate of drug-likeness (QED) is 0.794. The second-order valence-electron chi connectivity index (χ2n) is 4.13. The Balaban J connectivity index is 1.58. The van der Waals surface area contributed by atoms with Gasteiger partial charge in [0.05, 0.1) is 6.26 Å². The number of nitrogens with zero attached hydrogens (tertiary/aromatic N) is 3. The molecule has 21 heavy (non-hydrogen) atoms. The Morgan fingerprint density at radius 3 is 3.00 bits per heavy atom. The lowest BCUT2D eigenvalue weighted by Crippen LogP contribution is -2.21. The topological polar surface area (TPSA) is 107 Å². The van der Waals surface area contributed by atoms with Gasteiger partial charge in [0.25, 0.3) is 5.91 Å². The highest BCUT2D eigenvalue weighted by atomic mass is 16.5. The average Bonchev–Trinajstić information content (AvgIpc) is 3.16. The highest BCUT2D eigenvalue weighted by Gasteiger charge is 2.20. The first-order valence-electron chi connectivity index (χ1n) is 6.01. The third-order valence-corrected chi connectivity index (χ3v) is 2.63. The van der Waals surface area contributed by atoms with E-state index in [0.29, 0.717) is 17.2 Å². The van der Waals surface area contributed by atoms with Gasteiger partial charge in [0.15, 0.2) is 11.8 Å². The average molecular weight is 287 g/mol. The number of hydrogen-bond acceptors (Lipinski definition) is 7. The summed E-state index contributed by atoms with van der Waals surface area (Å²) in [7, 11) is 0. The number of carbonyl (C=O) groups is 2. The summed E-state index contributed by atoms with van der Waals surface area (Å²) >= 11 is 0. The Labute approximate surface area is 118 Å². The Kier molecular flexibility index (Phi) is 3.42. The zero-order valence-electron chi connectivity index (χ0n) is 10.6. The molecule has 3 rings (SSSR count). The molecular formula is C13H9N3O5. The predicted octanol–water partition coefficient (Wildman–Crippen LogP) is 1.89. The number of esters is 1. The molecule has 0 fully saturated rings. The molecule has 3 heterocycles. The molecule has 1 unspecified atom stereocenters. The largest absolute Gasteiger partial charge is 0.461 e. The number of rotatable bonds is 4. The molecule has 1 amide bonds. The highest BCUT2D eigenvalue weighted by molar-refractivity contribution is 5.91. The van der Waals surface area contributed by atoms with Crippen molar-refractivity contribution in [3.05, 3.63) is 42.3 Å². The van der Waals surface area contributed by atoms with Gasteiger partial charge >= 0.3 is 5.97 Å². The molecule has 1 aliphatic heterocycles. The standard InChI is InChI=1S/C13H9N3O5/c17-12-4-3-9(14-15-12)13(18)20-7-8-6-11(21-16-8)10-2-1-5-19-10/h1-6,9H,7H2. The van der Waals surface area contributed by atoms with Gasteiger partial charge in [-0.05, 0) is 18.2 Å². The summed E-state index contributed by atoms with van der Waals surface area (Å²) in [5.41, 5.74) is 0.433. The molecule has 8 nitrogen and oxygen atoms in total. The van der Waals surface area contributed by atoms with Crippen LogP contribution in [0.1, 0.15) is 5.69 Å². The molecular weight excluding hydrogens is 278 g/mol. The fourth-order valence-corrected chi connectivity index (χ4v) is 1.64. The van der Waals surface area contributed by atoms with E-state index in [0.717, 1.165) is 0 Å². The van der Waals surface area contributed by atoms with E-state index >= 15 is 0 Å². The highest BCUT2D eigenvalue weighted by Crippen LogP contribution is 2.20. The minimum Gasteiger partial charge on any atom is -0.461 e. The van der Waals surface area contributed by atoms with Crippen molar-refractivity contribution in [2.45, 2.75) is 12.6 Å². The van der Waals surface area contributed by atoms with Gasteiger partial charge < -0.3 is 13.7 Å². The third kappa shape index (κ3) is 2.94. The van der Waals surface area contributed by atoms with Crippen molar-refractivity contribution < 1.29 is 23.3 Å². The molecule has 0 bridgehead atoms. The SMILES string of the molecule is O=C1C=CC(C(=O)OCc2cc(-c3ccco3)on2)N=N1. The molecule has 0 aromatic carbocycles. The van der Waals surface area contributed by atoms with Gasteiger partial charge in [-0.25, -0.2) is 4.79 Å². The third-order valence-electron chi connectivity index (χ3n) is 2.63. The molecule has 1 atom stereocenters. The second-order valence-corrected chi connectivity index (χ2v) is 4.13. The van der Waals surface area contributed by atoms with E-state index in [-0.39, 0.29) is 6.61 Å². The monoisotopic (exact) mass is 287 g/mol. The number of aromatic nitrogens is 1. The number of furan rings is 1. The van der Waals surface area contributed by atoms with Crippen molar-refractivity contribution in [3.8, 4) is 11.5 Å². The summed E-state index contributed by atoms with van der Waals surface area (Å²) in [4.78, 5) is 22.5. The van der Waals surface area contributed by atoms with Gasteiger partial charge in [-0.1, -0.05) is 5.16 Å². The zero-order chi connectivity index (χ0) is 14.7. The maximum Gasteiger partial charge on any atom is 0.337 e. The van der Waals surface area contributed by atoms with Crippen molar-refractivity contribution in [3.63, 3.8) is 0 Å². The van der Waals surface area contributed by atoms with E-state index in [1.165, 1.54) is 18.4 Å². The van der Waals surface area contributed by atoms with Crippen LogP contribution in [-0.4, -0.2) is 23.1 Å².